The zero-order valence-corrected chi connectivity index (χ0v) is 20.8. The highest BCUT2D eigenvalue weighted by Crippen LogP contribution is 2.40. The Kier molecular flexibility index (Phi) is 7.20. The highest BCUT2D eigenvalue weighted by molar-refractivity contribution is 6.35. The van der Waals surface area contributed by atoms with Gasteiger partial charge in [0.2, 0.25) is 5.79 Å². The fourth-order valence-corrected chi connectivity index (χ4v) is 4.92. The van der Waals surface area contributed by atoms with Gasteiger partial charge in [0.1, 0.15) is 43.8 Å². The zero-order valence-electron chi connectivity index (χ0n) is 19.3. The Bertz CT molecular complexity index is 1190. The first-order valence-corrected chi connectivity index (χ1v) is 12.2. The summed E-state index contributed by atoms with van der Waals surface area (Å²) in [6, 6.07) is 12.9. The lowest BCUT2D eigenvalue weighted by molar-refractivity contribution is -0.265. The first-order chi connectivity index (χ1) is 17.4. The third-order valence-corrected chi connectivity index (χ3v) is 6.76. The van der Waals surface area contributed by atoms with Crippen LogP contribution in [0.15, 0.2) is 55.1 Å². The van der Waals surface area contributed by atoms with E-state index in [1.807, 2.05) is 24.3 Å². The van der Waals surface area contributed by atoms with Crippen LogP contribution in [0.3, 0.4) is 0 Å². The number of aromatic nitrogens is 3. The van der Waals surface area contributed by atoms with Crippen LogP contribution in [0.5, 0.6) is 5.75 Å². The van der Waals surface area contributed by atoms with E-state index in [0.29, 0.717) is 54.1 Å². The summed E-state index contributed by atoms with van der Waals surface area (Å²) in [5, 5.41) is 16.1. The van der Waals surface area contributed by atoms with Crippen LogP contribution in [-0.4, -0.2) is 71.3 Å². The molecule has 10 nitrogen and oxygen atoms in total. The fraction of sp³-hybridized carbons (Fsp3) is 0.375. The van der Waals surface area contributed by atoms with E-state index >= 15 is 0 Å². The van der Waals surface area contributed by atoms with Gasteiger partial charge in [-0.2, -0.15) is 5.10 Å². The van der Waals surface area contributed by atoms with Crippen LogP contribution in [0.4, 0.5) is 10.5 Å². The molecule has 12 heteroatoms. The Labute approximate surface area is 217 Å². The second-order valence-electron chi connectivity index (χ2n) is 8.57. The molecule has 2 unspecified atom stereocenters. The molecule has 2 aliphatic rings. The average Bonchev–Trinajstić information content (AvgIpc) is 3.54. The number of amides is 1. The third-order valence-electron chi connectivity index (χ3n) is 6.21. The van der Waals surface area contributed by atoms with Gasteiger partial charge in [-0.15, -0.1) is 0 Å². The maximum absolute atomic E-state index is 11.0. The van der Waals surface area contributed by atoms with Gasteiger partial charge >= 0.3 is 0 Å². The molecule has 2 saturated heterocycles. The molecular formula is C24H24Cl2N5O5-. The molecule has 2 atom stereocenters. The van der Waals surface area contributed by atoms with Crippen molar-refractivity contribution in [2.45, 2.75) is 18.4 Å². The van der Waals surface area contributed by atoms with Crippen molar-refractivity contribution in [2.75, 3.05) is 44.3 Å². The van der Waals surface area contributed by atoms with Crippen LogP contribution in [0.1, 0.15) is 5.56 Å². The monoisotopic (exact) mass is 532 g/mol. The number of carboxylic acid groups (broad SMARTS) is 1. The molecule has 5 rings (SSSR count). The minimum absolute atomic E-state index is 0.255. The van der Waals surface area contributed by atoms with Crippen LogP contribution >= 0.6 is 23.2 Å². The van der Waals surface area contributed by atoms with Crippen LogP contribution < -0.4 is 14.7 Å². The fourth-order valence-electron chi connectivity index (χ4n) is 4.37. The Morgan fingerprint density at radius 3 is 2.58 bits per heavy atom. The van der Waals surface area contributed by atoms with Gasteiger partial charge in [-0.25, -0.2) is 9.67 Å². The van der Waals surface area contributed by atoms with Crippen molar-refractivity contribution in [1.29, 1.82) is 0 Å². The molecule has 3 heterocycles. The van der Waals surface area contributed by atoms with E-state index in [0.717, 1.165) is 5.69 Å². The predicted molar refractivity (Wildman–Crippen MR) is 130 cm³/mol. The van der Waals surface area contributed by atoms with Gasteiger partial charge in [-0.05, 0) is 36.4 Å². The standard InChI is InChI=1S/C24H25Cl2N5O5/c25-17-1-6-21(22(26)11-17)24(14-31-16-27-15-28-31)35-13-20(36-24)12-34-19-4-2-18(3-5-19)29-7-9-30(10-8-29)23(32)33/h1-6,11,15-16,20H,7-10,12-14H2,(H,32,33)/p-1. The number of hydrogen-bond donors (Lipinski definition) is 0. The van der Waals surface area contributed by atoms with Gasteiger partial charge in [-0.1, -0.05) is 29.3 Å². The van der Waals surface area contributed by atoms with Gasteiger partial charge in [-0.3, -0.25) is 0 Å². The molecule has 36 heavy (non-hydrogen) atoms. The number of rotatable bonds is 7. The Morgan fingerprint density at radius 2 is 1.92 bits per heavy atom. The van der Waals surface area contributed by atoms with Crippen molar-refractivity contribution in [3.63, 3.8) is 0 Å². The highest BCUT2D eigenvalue weighted by atomic mass is 35.5. The SMILES string of the molecule is O=C([O-])N1CCN(c2ccc(OCC3COC(Cn4cncn4)(c4ccc(Cl)cc4Cl)O3)cc2)CC1. The summed E-state index contributed by atoms with van der Waals surface area (Å²) in [6.07, 6.45) is 1.56. The minimum atomic E-state index is -1.17. The number of piperazine rings is 1. The number of hydrogen-bond acceptors (Lipinski definition) is 8. The molecule has 190 valence electrons. The van der Waals surface area contributed by atoms with Crippen LogP contribution in [0.25, 0.3) is 0 Å². The number of ether oxygens (including phenoxy) is 3. The summed E-state index contributed by atoms with van der Waals surface area (Å²) in [6.45, 7) is 2.90. The van der Waals surface area contributed by atoms with Gasteiger partial charge in [0, 0.05) is 42.5 Å². The van der Waals surface area contributed by atoms with Crippen molar-refractivity contribution in [3.8, 4) is 5.75 Å². The lowest BCUT2D eigenvalue weighted by atomic mass is 10.1. The summed E-state index contributed by atoms with van der Waals surface area (Å²) < 4.78 is 20.2. The summed E-state index contributed by atoms with van der Waals surface area (Å²) in [7, 11) is 0. The lowest BCUT2D eigenvalue weighted by Crippen LogP contribution is -2.52. The maximum atomic E-state index is 11.0. The molecule has 2 aromatic carbocycles. The molecule has 3 aromatic rings. The van der Waals surface area contributed by atoms with Crippen molar-refractivity contribution < 1.29 is 24.1 Å². The molecule has 0 radical (unpaired) electrons. The molecular weight excluding hydrogens is 509 g/mol. The second kappa shape index (κ2) is 10.5. The van der Waals surface area contributed by atoms with Crippen molar-refractivity contribution >= 4 is 35.0 Å². The first kappa shape index (κ1) is 24.6. The average molecular weight is 533 g/mol. The Hall–Kier alpha value is -3.05. The zero-order chi connectivity index (χ0) is 25.1. The number of carbonyl (C=O) groups excluding carboxylic acids is 1. The van der Waals surface area contributed by atoms with E-state index in [1.54, 1.807) is 29.2 Å². The number of halogens is 2. The molecule has 0 aliphatic carbocycles. The van der Waals surface area contributed by atoms with E-state index in [9.17, 15) is 9.90 Å². The van der Waals surface area contributed by atoms with Gasteiger partial charge in [0.25, 0.3) is 0 Å². The molecule has 0 spiro atoms. The predicted octanol–water partition coefficient (Wildman–Crippen LogP) is 2.40. The molecule has 0 saturated carbocycles. The van der Waals surface area contributed by atoms with Gasteiger partial charge in [0.05, 0.1) is 11.6 Å². The van der Waals surface area contributed by atoms with Gasteiger partial charge < -0.3 is 33.9 Å². The highest BCUT2D eigenvalue weighted by Gasteiger charge is 2.45. The largest absolute Gasteiger partial charge is 0.530 e. The lowest BCUT2D eigenvalue weighted by Gasteiger charge is -2.37. The third kappa shape index (κ3) is 5.36. The maximum Gasteiger partial charge on any atom is 0.217 e. The minimum Gasteiger partial charge on any atom is -0.530 e. The smallest absolute Gasteiger partial charge is 0.217 e. The Morgan fingerprint density at radius 1 is 1.14 bits per heavy atom. The molecule has 1 amide bonds. The molecule has 2 fully saturated rings. The van der Waals surface area contributed by atoms with Gasteiger partial charge in [0.15, 0.2) is 0 Å². The Balaban J connectivity index is 1.22. The van der Waals surface area contributed by atoms with Crippen LogP contribution in [0, 0.1) is 0 Å². The van der Waals surface area contributed by atoms with Crippen molar-refractivity contribution in [2.24, 2.45) is 0 Å². The normalized spacial score (nSPS) is 22.1. The van der Waals surface area contributed by atoms with Crippen LogP contribution in [0.2, 0.25) is 10.0 Å². The quantitative estimate of drug-likeness (QED) is 0.456. The summed E-state index contributed by atoms with van der Waals surface area (Å²) in [5.41, 5.74) is 1.65. The second-order valence-corrected chi connectivity index (χ2v) is 9.41. The van der Waals surface area contributed by atoms with E-state index in [2.05, 4.69) is 15.0 Å². The van der Waals surface area contributed by atoms with Crippen LogP contribution in [-0.2, 0) is 21.8 Å². The van der Waals surface area contributed by atoms with E-state index in [1.165, 1.54) is 11.2 Å². The molecule has 1 aromatic heterocycles. The summed E-state index contributed by atoms with van der Waals surface area (Å²) in [4.78, 5) is 18.4. The number of nitrogens with zero attached hydrogens (tertiary/aromatic N) is 5. The summed E-state index contributed by atoms with van der Waals surface area (Å²) >= 11 is 12.6. The molecule has 0 bridgehead atoms. The van der Waals surface area contributed by atoms with Crippen molar-refractivity contribution in [1.82, 2.24) is 19.7 Å². The number of anilines is 1. The summed E-state index contributed by atoms with van der Waals surface area (Å²) in [5.74, 6) is -0.477. The van der Waals surface area contributed by atoms with E-state index in [-0.39, 0.29) is 19.3 Å². The first-order valence-electron chi connectivity index (χ1n) is 11.5. The van der Waals surface area contributed by atoms with E-state index in [4.69, 9.17) is 37.4 Å². The number of benzene rings is 2. The topological polar surface area (TPSA) is 105 Å². The van der Waals surface area contributed by atoms with E-state index < -0.39 is 11.9 Å². The number of carbonyl (C=O) groups is 1. The molecule has 2 aliphatic heterocycles. The van der Waals surface area contributed by atoms with Crippen molar-refractivity contribution in [3.05, 3.63) is 70.7 Å². The molecule has 0 N–H and O–H groups in total.